The van der Waals surface area contributed by atoms with E-state index in [1.165, 1.54) is 0 Å². The lowest BCUT2D eigenvalue weighted by Crippen LogP contribution is -1.81. The van der Waals surface area contributed by atoms with E-state index in [0.29, 0.717) is 0 Å². The standard InChI is InChI=1S/C4H11O3P/c1-3-6-8(5)7-4-2/h8H,3-4H2,1-2H3/i1D3,2D3,3D2,4D2,8D. The maximum Gasteiger partial charge on any atom is 0.319 e. The minimum absolute atomic E-state index is 3.42. The summed E-state index contributed by atoms with van der Waals surface area (Å²) in [5, 5.41) is 0. The molecule has 0 aliphatic carbocycles. The molecule has 0 fully saturated rings. The average molecular weight is 149 g/mol. The van der Waals surface area contributed by atoms with E-state index in [9.17, 15) is 4.57 Å². The van der Waals surface area contributed by atoms with Gasteiger partial charge in [-0.3, -0.25) is 4.57 Å². The van der Waals surface area contributed by atoms with Gasteiger partial charge in [0.15, 0.2) is 1.28 Å². The molecule has 0 atom stereocenters. The maximum absolute atomic E-state index is 11.4. The Hall–Kier alpha value is 0.150. The van der Waals surface area contributed by atoms with Gasteiger partial charge in [-0.2, -0.15) is 0 Å². The molecule has 0 radical (unpaired) electrons. The third-order valence-electron chi connectivity index (χ3n) is 0.240. The van der Waals surface area contributed by atoms with Crippen molar-refractivity contribution in [2.45, 2.75) is 13.7 Å². The molecular formula is C4H11O3P. The Morgan fingerprint density at radius 3 is 2.62 bits per heavy atom. The van der Waals surface area contributed by atoms with E-state index in [4.69, 9.17) is 15.0 Å². The van der Waals surface area contributed by atoms with Crippen LogP contribution in [0.5, 0.6) is 0 Å². The lowest BCUT2D eigenvalue weighted by atomic mass is 10.9. The summed E-state index contributed by atoms with van der Waals surface area (Å²) in [5.74, 6) is 0. The molecule has 0 aromatic carbocycles. The normalized spacial score (nSPS) is 38.8. The molecule has 0 amide bonds. The predicted octanol–water partition coefficient (Wildman–Crippen LogP) is 1.45. The summed E-state index contributed by atoms with van der Waals surface area (Å²) in [6.45, 7) is -14.0. The fraction of sp³-hybridized carbons (Fsp3) is 1.00. The summed E-state index contributed by atoms with van der Waals surface area (Å²) in [5.41, 5.74) is 0. The van der Waals surface area contributed by atoms with E-state index >= 15 is 0 Å². The van der Waals surface area contributed by atoms with Crippen LogP contribution in [0, 0.1) is 0 Å². The fourth-order valence-electron chi connectivity index (χ4n) is 0.0932. The first-order chi connectivity index (χ1) is 7.91. The van der Waals surface area contributed by atoms with Crippen LogP contribution >= 0.6 is 8.20 Å². The molecule has 0 heterocycles. The Bertz CT molecular complexity index is 337. The van der Waals surface area contributed by atoms with Gasteiger partial charge in [-0.05, 0) is 13.7 Å². The fourth-order valence-corrected chi connectivity index (χ4v) is 0.280. The summed E-state index contributed by atoms with van der Waals surface area (Å²) in [4.78, 5) is 0. The monoisotopic (exact) mass is 149 g/mol. The highest BCUT2D eigenvalue weighted by molar-refractivity contribution is 7.33. The van der Waals surface area contributed by atoms with Crippen LogP contribution in [0.15, 0.2) is 0 Å². The quantitative estimate of drug-likeness (QED) is 0.567. The highest BCUT2D eigenvalue weighted by atomic mass is 31.1. The second kappa shape index (κ2) is 5.29. The van der Waals surface area contributed by atoms with Gasteiger partial charge in [0.2, 0.25) is 0 Å². The van der Waals surface area contributed by atoms with E-state index in [0.717, 1.165) is 0 Å². The first-order valence-electron chi connectivity index (χ1n) is 6.90. The Morgan fingerprint density at radius 2 is 2.25 bits per heavy atom. The Morgan fingerprint density at radius 1 is 1.75 bits per heavy atom. The molecule has 0 aromatic heterocycles. The van der Waals surface area contributed by atoms with Gasteiger partial charge in [0, 0.05) is 8.22 Å². The van der Waals surface area contributed by atoms with Crippen molar-refractivity contribution >= 4 is 8.20 Å². The van der Waals surface area contributed by atoms with E-state index in [-0.39, 0.29) is 0 Å². The topological polar surface area (TPSA) is 35.5 Å². The van der Waals surface area contributed by atoms with E-state index in [1.54, 1.807) is 0 Å². The zero-order valence-electron chi connectivity index (χ0n) is 14.7. The molecule has 0 saturated heterocycles. The van der Waals surface area contributed by atoms with Gasteiger partial charge in [-0.1, -0.05) is 0 Å². The predicted molar refractivity (Wildman–Crippen MR) is 32.3 cm³/mol. The van der Waals surface area contributed by atoms with Crippen LogP contribution in [-0.2, 0) is 13.6 Å². The summed E-state index contributed by atoms with van der Waals surface area (Å²) in [6.07, 6.45) is 0. The molecule has 50 valence electrons. The molecule has 0 aromatic rings. The molecule has 0 aliphatic heterocycles. The van der Waals surface area contributed by atoms with E-state index in [2.05, 4.69) is 9.05 Å². The van der Waals surface area contributed by atoms with Gasteiger partial charge in [-0.25, -0.2) is 0 Å². The van der Waals surface area contributed by atoms with Crippen molar-refractivity contribution in [1.82, 2.24) is 0 Å². The average Bonchev–Trinajstić information content (AvgIpc) is 1.93. The van der Waals surface area contributed by atoms with Gasteiger partial charge in [0.1, 0.15) is 0 Å². The van der Waals surface area contributed by atoms with Crippen LogP contribution in [0.25, 0.3) is 0 Å². The van der Waals surface area contributed by atoms with Gasteiger partial charge >= 0.3 is 8.20 Å². The van der Waals surface area contributed by atoms with Crippen LogP contribution in [0.2, 0.25) is 0 Å². The Labute approximate surface area is 65.3 Å². The van der Waals surface area contributed by atoms with Gasteiger partial charge in [0.05, 0.1) is 18.6 Å². The lowest BCUT2D eigenvalue weighted by molar-refractivity contribution is 0.243. The highest BCUT2D eigenvalue weighted by Crippen LogP contribution is 2.21. The van der Waals surface area contributed by atoms with Gasteiger partial charge in [-0.15, -0.1) is 0 Å². The first kappa shape index (κ1) is 1.26. The van der Waals surface area contributed by atoms with E-state index in [1.807, 2.05) is 0 Å². The van der Waals surface area contributed by atoms with E-state index < -0.39 is 35.0 Å². The van der Waals surface area contributed by atoms with Crippen LogP contribution < -0.4 is 0 Å². The van der Waals surface area contributed by atoms with Gasteiger partial charge in [0.25, 0.3) is 0 Å². The smallest absolute Gasteiger partial charge is 0.311 e. The molecule has 0 N–H and O–H groups in total. The van der Waals surface area contributed by atoms with Crippen LogP contribution in [0.4, 0.5) is 0 Å². The summed E-state index contributed by atoms with van der Waals surface area (Å²) in [7, 11) is -5.35. The summed E-state index contributed by atoms with van der Waals surface area (Å²) in [6, 6.07) is 0. The SMILES string of the molecule is [2H]C([2H])([2H])C([2H])([2H])OP([2H])(=O)OC([2H])([2H])C([2H])([2H])[2H]. The minimum Gasteiger partial charge on any atom is -0.311 e. The molecule has 8 heavy (non-hydrogen) atoms. The van der Waals surface area contributed by atoms with Crippen molar-refractivity contribution in [3.8, 4) is 0 Å². The van der Waals surface area contributed by atoms with Crippen LogP contribution in [-0.4, -0.2) is 14.4 Å². The molecule has 3 nitrogen and oxygen atoms in total. The maximum atomic E-state index is 11.4. The molecular weight excluding hydrogens is 127 g/mol. The molecule has 0 spiro atoms. The number of hydrogen-bond donors (Lipinski definition) is 0. The third-order valence-corrected chi connectivity index (χ3v) is 0.721. The first-order valence-corrected chi connectivity index (χ1v) is 2.55. The molecule has 0 unspecified atom stereocenters. The summed E-state index contributed by atoms with van der Waals surface area (Å²) >= 11 is 0. The molecule has 0 saturated carbocycles. The summed E-state index contributed by atoms with van der Waals surface area (Å²) < 4.78 is 94.1. The molecule has 0 bridgehead atoms. The molecule has 0 aliphatic rings. The van der Waals surface area contributed by atoms with Crippen molar-refractivity contribution in [1.29, 1.82) is 1.28 Å². The minimum atomic E-state index is -5.35. The van der Waals surface area contributed by atoms with Crippen molar-refractivity contribution in [2.24, 2.45) is 0 Å². The second-order valence-electron chi connectivity index (χ2n) is 0.610. The lowest BCUT2D eigenvalue weighted by Gasteiger charge is -1.97. The third kappa shape index (κ3) is 4.31. The van der Waals surface area contributed by atoms with Crippen molar-refractivity contribution < 1.29 is 27.3 Å². The zero-order valence-corrected chi connectivity index (χ0v) is 4.57. The molecule has 4 heteroatoms. The van der Waals surface area contributed by atoms with Gasteiger partial charge < -0.3 is 9.05 Å². The van der Waals surface area contributed by atoms with Crippen molar-refractivity contribution in [3.63, 3.8) is 0 Å². The molecule has 0 rings (SSSR count). The van der Waals surface area contributed by atoms with Crippen molar-refractivity contribution in [3.05, 3.63) is 0 Å². The largest absolute Gasteiger partial charge is 0.319 e. The number of hydrogen-bond acceptors (Lipinski definition) is 3. The van der Waals surface area contributed by atoms with Crippen LogP contribution in [0.1, 0.15) is 27.4 Å². The number of rotatable bonds is 4. The second-order valence-corrected chi connectivity index (χ2v) is 1.42. The highest BCUT2D eigenvalue weighted by Gasteiger charge is 1.91. The van der Waals surface area contributed by atoms with Crippen LogP contribution in [0.3, 0.4) is 0 Å². The Balaban J connectivity index is 5.10. The van der Waals surface area contributed by atoms with Crippen molar-refractivity contribution in [2.75, 3.05) is 13.1 Å². The zero-order chi connectivity index (χ0) is 15.9. The Kier molecular flexibility index (Phi) is 0.836.